The monoisotopic (exact) mass is 286 g/mol. The van der Waals surface area contributed by atoms with Gasteiger partial charge in [-0.05, 0) is 43.2 Å². The van der Waals surface area contributed by atoms with E-state index in [0.29, 0.717) is 18.5 Å². The number of carbonyl (C=O) groups excluding carboxylic acids is 1. The average molecular weight is 286 g/mol. The molecule has 0 aromatic heterocycles. The Morgan fingerprint density at radius 1 is 1.14 bits per heavy atom. The van der Waals surface area contributed by atoms with Crippen LogP contribution >= 0.6 is 0 Å². The summed E-state index contributed by atoms with van der Waals surface area (Å²) in [4.78, 5) is 12.2. The van der Waals surface area contributed by atoms with Gasteiger partial charge in [0.1, 0.15) is 5.82 Å². The minimum Gasteiger partial charge on any atom is -0.387 e. The van der Waals surface area contributed by atoms with Crippen LogP contribution in [0.3, 0.4) is 0 Å². The summed E-state index contributed by atoms with van der Waals surface area (Å²) in [5, 5.41) is 5.91. The van der Waals surface area contributed by atoms with Crippen LogP contribution in [0.5, 0.6) is 0 Å². The number of amides is 1. The second-order valence-corrected chi connectivity index (χ2v) is 4.93. The molecule has 0 heterocycles. The van der Waals surface area contributed by atoms with Crippen LogP contribution in [0, 0.1) is 12.7 Å². The molecule has 2 rings (SSSR count). The molecule has 3 nitrogen and oxygen atoms in total. The van der Waals surface area contributed by atoms with E-state index < -0.39 is 0 Å². The Hall–Kier alpha value is -2.36. The van der Waals surface area contributed by atoms with Crippen molar-refractivity contribution in [1.29, 1.82) is 0 Å². The molecule has 0 bridgehead atoms. The summed E-state index contributed by atoms with van der Waals surface area (Å²) in [6.07, 6.45) is 0.673. The van der Waals surface area contributed by atoms with E-state index in [1.54, 1.807) is 19.2 Å². The van der Waals surface area contributed by atoms with Gasteiger partial charge in [0.2, 0.25) is 0 Å². The summed E-state index contributed by atoms with van der Waals surface area (Å²) >= 11 is 0. The molecule has 0 radical (unpaired) electrons. The van der Waals surface area contributed by atoms with Gasteiger partial charge < -0.3 is 10.6 Å². The van der Waals surface area contributed by atoms with E-state index in [1.807, 2.05) is 25.1 Å². The Morgan fingerprint density at radius 2 is 1.86 bits per heavy atom. The molecule has 21 heavy (non-hydrogen) atoms. The van der Waals surface area contributed by atoms with Crippen LogP contribution in [0.15, 0.2) is 42.5 Å². The lowest BCUT2D eigenvalue weighted by molar-refractivity contribution is 0.0955. The van der Waals surface area contributed by atoms with Gasteiger partial charge in [-0.3, -0.25) is 4.79 Å². The maximum atomic E-state index is 12.8. The molecule has 0 saturated carbocycles. The Morgan fingerprint density at radius 3 is 2.52 bits per heavy atom. The highest BCUT2D eigenvalue weighted by atomic mass is 19.1. The molecule has 2 N–H and O–H groups in total. The smallest absolute Gasteiger partial charge is 0.253 e. The highest BCUT2D eigenvalue weighted by Gasteiger charge is 2.10. The standard InChI is InChI=1S/C17H19FN2O/c1-12-3-8-16(19-2)15(11-12)17(21)20-10-9-13-4-6-14(18)7-5-13/h3-8,11,19H,9-10H2,1-2H3,(H,20,21). The first-order valence-electron chi connectivity index (χ1n) is 6.91. The first-order chi connectivity index (χ1) is 10.1. The van der Waals surface area contributed by atoms with Crippen molar-refractivity contribution in [3.63, 3.8) is 0 Å². The summed E-state index contributed by atoms with van der Waals surface area (Å²) < 4.78 is 12.8. The van der Waals surface area contributed by atoms with Crippen molar-refractivity contribution in [2.75, 3.05) is 18.9 Å². The summed E-state index contributed by atoms with van der Waals surface area (Å²) in [5.74, 6) is -0.355. The minimum absolute atomic E-state index is 0.106. The second-order valence-electron chi connectivity index (χ2n) is 4.93. The second kappa shape index (κ2) is 6.88. The van der Waals surface area contributed by atoms with Crippen molar-refractivity contribution in [3.8, 4) is 0 Å². The molecule has 0 aliphatic rings. The normalized spacial score (nSPS) is 10.2. The van der Waals surface area contributed by atoms with Crippen LogP contribution in [0.2, 0.25) is 0 Å². The van der Waals surface area contributed by atoms with E-state index >= 15 is 0 Å². The molecule has 0 fully saturated rings. The van der Waals surface area contributed by atoms with Crippen LogP contribution in [0.4, 0.5) is 10.1 Å². The van der Waals surface area contributed by atoms with Gasteiger partial charge in [-0.2, -0.15) is 0 Å². The van der Waals surface area contributed by atoms with Crippen LogP contribution in [0.25, 0.3) is 0 Å². The zero-order chi connectivity index (χ0) is 15.2. The zero-order valence-electron chi connectivity index (χ0n) is 12.2. The molecule has 2 aromatic rings. The van der Waals surface area contributed by atoms with E-state index in [9.17, 15) is 9.18 Å². The molecular weight excluding hydrogens is 267 g/mol. The third-order valence-corrected chi connectivity index (χ3v) is 3.30. The Bertz CT molecular complexity index is 623. The molecule has 0 spiro atoms. The fourth-order valence-corrected chi connectivity index (χ4v) is 2.13. The molecule has 0 aliphatic heterocycles. The Kier molecular flexibility index (Phi) is 4.93. The fourth-order valence-electron chi connectivity index (χ4n) is 2.13. The molecule has 110 valence electrons. The quantitative estimate of drug-likeness (QED) is 0.886. The number of nitrogens with one attached hydrogen (secondary N) is 2. The first kappa shape index (κ1) is 15.0. The van der Waals surface area contributed by atoms with Gasteiger partial charge >= 0.3 is 0 Å². The van der Waals surface area contributed by atoms with Crippen LogP contribution in [-0.4, -0.2) is 19.5 Å². The topological polar surface area (TPSA) is 41.1 Å². The molecule has 0 saturated heterocycles. The van der Waals surface area contributed by atoms with Gasteiger partial charge in [0.05, 0.1) is 5.56 Å². The van der Waals surface area contributed by atoms with E-state index in [0.717, 1.165) is 16.8 Å². The van der Waals surface area contributed by atoms with Crippen molar-refractivity contribution >= 4 is 11.6 Å². The number of benzene rings is 2. The number of hydrogen-bond donors (Lipinski definition) is 2. The highest BCUT2D eigenvalue weighted by Crippen LogP contribution is 2.16. The van der Waals surface area contributed by atoms with Crippen LogP contribution in [0.1, 0.15) is 21.5 Å². The SMILES string of the molecule is CNc1ccc(C)cc1C(=O)NCCc1ccc(F)cc1. The number of aryl methyl sites for hydroxylation is 1. The largest absolute Gasteiger partial charge is 0.387 e. The molecule has 0 atom stereocenters. The minimum atomic E-state index is -0.249. The predicted octanol–water partition coefficient (Wildman–Crippen LogP) is 3.15. The highest BCUT2D eigenvalue weighted by molar-refractivity contribution is 5.99. The number of hydrogen-bond acceptors (Lipinski definition) is 2. The maximum Gasteiger partial charge on any atom is 0.253 e. The summed E-state index contributed by atoms with van der Waals surface area (Å²) in [6.45, 7) is 2.47. The molecule has 4 heteroatoms. The lowest BCUT2D eigenvalue weighted by Crippen LogP contribution is -2.26. The van der Waals surface area contributed by atoms with Crippen LogP contribution in [-0.2, 0) is 6.42 Å². The molecular formula is C17H19FN2O. The summed E-state index contributed by atoms with van der Waals surface area (Å²) in [6, 6.07) is 12.0. The lowest BCUT2D eigenvalue weighted by atomic mass is 10.1. The van der Waals surface area contributed by atoms with Gasteiger partial charge in [0, 0.05) is 19.3 Å². The van der Waals surface area contributed by atoms with Crippen molar-refractivity contribution in [3.05, 3.63) is 65.0 Å². The van der Waals surface area contributed by atoms with Gasteiger partial charge in [-0.15, -0.1) is 0 Å². The molecule has 0 aliphatic carbocycles. The van der Waals surface area contributed by atoms with E-state index in [-0.39, 0.29) is 11.7 Å². The lowest BCUT2D eigenvalue weighted by Gasteiger charge is -2.11. The number of halogens is 1. The van der Waals surface area contributed by atoms with Crippen molar-refractivity contribution in [2.45, 2.75) is 13.3 Å². The summed E-state index contributed by atoms with van der Waals surface area (Å²) in [7, 11) is 1.79. The fraction of sp³-hybridized carbons (Fsp3) is 0.235. The third kappa shape index (κ3) is 4.05. The Labute approximate surface area is 124 Å². The third-order valence-electron chi connectivity index (χ3n) is 3.30. The number of anilines is 1. The average Bonchev–Trinajstić information content (AvgIpc) is 2.49. The van der Waals surface area contributed by atoms with Crippen molar-refractivity contribution < 1.29 is 9.18 Å². The van der Waals surface area contributed by atoms with Crippen LogP contribution < -0.4 is 10.6 Å². The van der Waals surface area contributed by atoms with Crippen molar-refractivity contribution in [1.82, 2.24) is 5.32 Å². The van der Waals surface area contributed by atoms with Gasteiger partial charge in [-0.25, -0.2) is 4.39 Å². The van der Waals surface area contributed by atoms with Gasteiger partial charge in [0.25, 0.3) is 5.91 Å². The zero-order valence-corrected chi connectivity index (χ0v) is 12.2. The van der Waals surface area contributed by atoms with E-state index in [1.165, 1.54) is 12.1 Å². The van der Waals surface area contributed by atoms with E-state index in [4.69, 9.17) is 0 Å². The molecule has 1 amide bonds. The Balaban J connectivity index is 1.95. The number of carbonyl (C=O) groups is 1. The maximum absolute atomic E-state index is 12.8. The van der Waals surface area contributed by atoms with E-state index in [2.05, 4.69) is 10.6 Å². The van der Waals surface area contributed by atoms with Gasteiger partial charge in [-0.1, -0.05) is 23.8 Å². The first-order valence-corrected chi connectivity index (χ1v) is 6.91. The van der Waals surface area contributed by atoms with Crippen molar-refractivity contribution in [2.24, 2.45) is 0 Å². The number of rotatable bonds is 5. The molecule has 0 unspecified atom stereocenters. The summed E-state index contributed by atoms with van der Waals surface area (Å²) in [5.41, 5.74) is 3.48. The predicted molar refractivity (Wildman–Crippen MR) is 83.2 cm³/mol. The molecule has 2 aromatic carbocycles. The van der Waals surface area contributed by atoms with Gasteiger partial charge in [0.15, 0.2) is 0 Å².